The summed E-state index contributed by atoms with van der Waals surface area (Å²) in [6, 6.07) is 5.85. The first-order valence-electron chi connectivity index (χ1n) is 21.3. The third kappa shape index (κ3) is 13.2. The average molecular weight is 990 g/mol. The van der Waals surface area contributed by atoms with Gasteiger partial charge < -0.3 is 14.3 Å². The molecule has 20 nitrogen and oxygen atoms in total. The minimum atomic E-state index is -4.63. The molecular weight excluding hydrogens is 935 g/mol. The quantitative estimate of drug-likeness (QED) is 0.0415. The molecule has 0 spiro atoms. The molecule has 2 aromatic rings. The summed E-state index contributed by atoms with van der Waals surface area (Å²) in [5.74, 6) is -2.99. The zero-order valence-electron chi connectivity index (χ0n) is 37.8. The largest absolute Gasteiger partial charge is 0.748 e. The number of aryl methyl sites for hydroxylation is 1. The smallest absolute Gasteiger partial charge is 0.333 e. The first-order valence-corrected chi connectivity index (χ1v) is 26.0. The van der Waals surface area contributed by atoms with E-state index in [2.05, 4.69) is 0 Å². The number of aromatic nitrogens is 1. The Morgan fingerprint density at radius 1 is 0.896 bits per heavy atom. The number of hydrogen-bond donors (Lipinski definition) is 2. The Morgan fingerprint density at radius 2 is 1.57 bits per heavy atom. The Morgan fingerprint density at radius 3 is 2.21 bits per heavy atom. The topological polar surface area (TPSA) is 279 Å². The number of benzene rings is 1. The molecule has 0 bridgehead atoms. The number of allylic oxidation sites excluding steroid dienone is 8. The van der Waals surface area contributed by atoms with E-state index in [0.29, 0.717) is 64.8 Å². The molecule has 2 N–H and O–H groups in total. The highest BCUT2D eigenvalue weighted by atomic mass is 32.2. The molecule has 1 fully saturated rings. The van der Waals surface area contributed by atoms with Crippen LogP contribution in [0, 0.1) is 0 Å². The summed E-state index contributed by atoms with van der Waals surface area (Å²) in [6.45, 7) is 5.94. The number of pyridine rings is 1. The molecule has 0 saturated carbocycles. The fourth-order valence-corrected chi connectivity index (χ4v) is 9.63. The van der Waals surface area contributed by atoms with Crippen molar-refractivity contribution in [2.24, 2.45) is 4.99 Å². The molecule has 1 aromatic carbocycles. The summed E-state index contributed by atoms with van der Waals surface area (Å²) in [4.78, 5) is 65.6. The highest BCUT2D eigenvalue weighted by Crippen LogP contribution is 2.51. The van der Waals surface area contributed by atoms with Crippen LogP contribution in [0.4, 0.5) is 11.5 Å². The number of hydroxylamine groups is 4. The van der Waals surface area contributed by atoms with Gasteiger partial charge in [-0.25, -0.2) is 22.8 Å². The summed E-state index contributed by atoms with van der Waals surface area (Å²) in [5, 5.41) is 1.54. The van der Waals surface area contributed by atoms with Gasteiger partial charge in [0.15, 0.2) is 5.71 Å². The molecule has 23 heteroatoms. The molecule has 4 heterocycles. The highest BCUT2D eigenvalue weighted by molar-refractivity contribution is 7.86. The van der Waals surface area contributed by atoms with Crippen LogP contribution in [-0.2, 0) is 71.8 Å². The highest BCUT2D eigenvalue weighted by Gasteiger charge is 2.45. The van der Waals surface area contributed by atoms with Crippen LogP contribution < -0.4 is 9.47 Å². The van der Waals surface area contributed by atoms with Crippen LogP contribution in [0.3, 0.4) is 0 Å². The van der Waals surface area contributed by atoms with Crippen molar-refractivity contribution in [1.82, 2.24) is 10.1 Å². The van der Waals surface area contributed by atoms with E-state index in [4.69, 9.17) is 14.7 Å². The number of nitrogens with zero attached hydrogens (tertiary/aromatic N) is 5. The molecule has 5 rings (SSSR count). The number of aliphatic imine (C=N–C) groups is 1. The average Bonchev–Trinajstić information content (AvgIpc) is 3.78. The first-order chi connectivity index (χ1) is 31.3. The Kier molecular flexibility index (Phi) is 16.7. The predicted octanol–water partition coefficient (Wildman–Crippen LogP) is 4.32. The number of amides is 3. The predicted molar refractivity (Wildman–Crippen MR) is 243 cm³/mol. The van der Waals surface area contributed by atoms with Gasteiger partial charge in [-0.05, 0) is 93.4 Å². The minimum Gasteiger partial charge on any atom is -0.748 e. The number of fused-ring (bicyclic) bond motifs is 2. The van der Waals surface area contributed by atoms with E-state index in [9.17, 15) is 58.1 Å². The second-order valence-electron chi connectivity index (χ2n) is 16.9. The van der Waals surface area contributed by atoms with Crippen molar-refractivity contribution in [2.45, 2.75) is 101 Å². The standard InChI is InChI=1S/C44H55N5O15S3/c1-43(2)34-28-31(42(53)46(4)63-5)30-47(24-14-26-65(54,55)56)41(34)45-36(43)16-10-7-6-8-11-17-37-44(3,23-13-9-12-18-40(52)64-49-38(50)21-22-39(49)51)33-29-32(67(60,61)62)19-20-35(33)48(37)25-15-27-66(57,58)59/h6-8,10-11,16-17,19-20,28-30H,9,12-15,18,21-27H2,1-5H3,(H2-,54,55,56,57,58,59,60,61,62). The number of carbonyl (C=O) groups is 4. The molecule has 3 aliphatic rings. The summed E-state index contributed by atoms with van der Waals surface area (Å²) in [6.07, 6.45) is 15.5. The second kappa shape index (κ2) is 21.3. The normalized spacial score (nSPS) is 19.0. The summed E-state index contributed by atoms with van der Waals surface area (Å²) in [7, 11) is -10.6. The molecule has 364 valence electrons. The lowest BCUT2D eigenvalue weighted by Gasteiger charge is -2.30. The number of carbonyl (C=O) groups excluding carboxylic acids is 4. The van der Waals surface area contributed by atoms with Crippen LogP contribution in [-0.4, -0.2) is 111 Å². The van der Waals surface area contributed by atoms with Gasteiger partial charge in [-0.1, -0.05) is 43.2 Å². The molecule has 1 unspecified atom stereocenters. The van der Waals surface area contributed by atoms with Gasteiger partial charge in [0.25, 0.3) is 38.0 Å². The zero-order valence-corrected chi connectivity index (χ0v) is 40.2. The first kappa shape index (κ1) is 52.5. The molecule has 0 aliphatic carbocycles. The van der Waals surface area contributed by atoms with Crippen LogP contribution >= 0.6 is 0 Å². The van der Waals surface area contributed by atoms with Crippen molar-refractivity contribution < 1.29 is 72.3 Å². The molecule has 1 saturated heterocycles. The van der Waals surface area contributed by atoms with Crippen LogP contribution in [0.2, 0.25) is 0 Å². The monoisotopic (exact) mass is 989 g/mol. The lowest BCUT2D eigenvalue weighted by Crippen LogP contribution is -2.38. The van der Waals surface area contributed by atoms with E-state index in [-0.39, 0.29) is 55.7 Å². The maximum atomic E-state index is 13.1. The molecule has 1 aromatic heterocycles. The van der Waals surface area contributed by atoms with Gasteiger partial charge in [-0.15, -0.1) is 5.06 Å². The van der Waals surface area contributed by atoms with E-state index >= 15 is 0 Å². The number of hydrogen-bond acceptors (Lipinski definition) is 15. The fourth-order valence-electron chi connectivity index (χ4n) is 8.14. The van der Waals surface area contributed by atoms with Gasteiger partial charge in [-0.2, -0.15) is 16.8 Å². The Balaban J connectivity index is 1.39. The van der Waals surface area contributed by atoms with Gasteiger partial charge in [0.05, 0.1) is 51.0 Å². The van der Waals surface area contributed by atoms with Crippen molar-refractivity contribution in [2.75, 3.05) is 37.1 Å². The van der Waals surface area contributed by atoms with Gasteiger partial charge in [0, 0.05) is 55.4 Å². The molecule has 0 radical (unpaired) electrons. The maximum Gasteiger partial charge on any atom is 0.333 e. The maximum absolute atomic E-state index is 13.1. The van der Waals surface area contributed by atoms with Gasteiger partial charge >= 0.3 is 11.8 Å². The summed E-state index contributed by atoms with van der Waals surface area (Å²) >= 11 is 0. The van der Waals surface area contributed by atoms with E-state index in [0.717, 1.165) is 5.06 Å². The van der Waals surface area contributed by atoms with Crippen molar-refractivity contribution in [3.05, 3.63) is 95.4 Å². The van der Waals surface area contributed by atoms with Crippen LogP contribution in [0.15, 0.2) is 88.6 Å². The van der Waals surface area contributed by atoms with Crippen LogP contribution in [0.25, 0.3) is 0 Å². The number of anilines is 1. The third-order valence-corrected chi connectivity index (χ3v) is 14.2. The van der Waals surface area contributed by atoms with Crippen molar-refractivity contribution in [3.8, 4) is 0 Å². The van der Waals surface area contributed by atoms with Crippen molar-refractivity contribution in [3.63, 3.8) is 0 Å². The molecular formula is C44H55N5O15S3. The van der Waals surface area contributed by atoms with Gasteiger partial charge in [-0.3, -0.25) is 28.3 Å². The van der Waals surface area contributed by atoms with Crippen LogP contribution in [0.1, 0.15) is 100 Å². The molecule has 3 amide bonds. The number of unbranched alkanes of at least 4 members (excludes halogenated alkanes) is 2. The Bertz CT molecular complexity index is 2770. The SMILES string of the molecule is CON(C)C(=O)c1cc2c([n+](CCCS(=O)(=O)[O-])c1)N=C(/C=C/C=C/C=C/C=C1/N(CCCS(=O)(=O)O)c3ccc(S(=O)(=O)O)cc3C1(C)CCCCCC(=O)ON1C(=O)CCC1=O)C2(C)C. The number of imide groups is 1. The van der Waals surface area contributed by atoms with E-state index < -0.39 is 76.4 Å². The van der Waals surface area contributed by atoms with E-state index in [1.165, 1.54) is 32.4 Å². The Hall–Kier alpha value is -5.43. The fraction of sp³-hybridized carbons (Fsp3) is 0.455. The van der Waals surface area contributed by atoms with Crippen molar-refractivity contribution >= 4 is 71.3 Å². The number of rotatable bonds is 22. The lowest BCUT2D eigenvalue weighted by atomic mass is 9.77. The summed E-state index contributed by atoms with van der Waals surface area (Å²) < 4.78 is 103. The van der Waals surface area contributed by atoms with E-state index in [1.807, 2.05) is 25.7 Å². The zero-order chi connectivity index (χ0) is 49.5. The molecule has 3 aliphatic heterocycles. The minimum absolute atomic E-state index is 0.00104. The van der Waals surface area contributed by atoms with Crippen LogP contribution in [0.5, 0.6) is 0 Å². The lowest BCUT2D eigenvalue weighted by molar-refractivity contribution is -0.684. The second-order valence-corrected chi connectivity index (χ2v) is 21.5. The van der Waals surface area contributed by atoms with Crippen molar-refractivity contribution in [1.29, 1.82) is 0 Å². The Labute approximate surface area is 390 Å². The molecule has 1 atom stereocenters. The van der Waals surface area contributed by atoms with Gasteiger partial charge in [0.2, 0.25) is 0 Å². The summed E-state index contributed by atoms with van der Waals surface area (Å²) in [5.41, 5.74) is 1.74. The van der Waals surface area contributed by atoms with Gasteiger partial charge in [0.1, 0.15) is 6.20 Å². The van der Waals surface area contributed by atoms with E-state index in [1.54, 1.807) is 59.4 Å². The molecule has 67 heavy (non-hydrogen) atoms. The third-order valence-electron chi connectivity index (χ3n) is 11.7.